The van der Waals surface area contributed by atoms with Crippen LogP contribution in [0, 0.1) is 6.92 Å². The zero-order chi connectivity index (χ0) is 21.8. The Labute approximate surface area is 180 Å². The van der Waals surface area contributed by atoms with Gasteiger partial charge in [0.25, 0.3) is 0 Å². The number of rotatable bonds is 8. The van der Waals surface area contributed by atoms with Gasteiger partial charge >= 0.3 is 5.97 Å². The monoisotopic (exact) mass is 415 g/mol. The van der Waals surface area contributed by atoms with Gasteiger partial charge in [0.1, 0.15) is 11.3 Å². The lowest BCUT2D eigenvalue weighted by Crippen LogP contribution is -2.02. The van der Waals surface area contributed by atoms with Crippen molar-refractivity contribution in [3.63, 3.8) is 0 Å². The minimum Gasteiger partial charge on any atom is -0.494 e. The van der Waals surface area contributed by atoms with E-state index in [-0.39, 0.29) is 6.42 Å². The highest BCUT2D eigenvalue weighted by Crippen LogP contribution is 2.28. The summed E-state index contributed by atoms with van der Waals surface area (Å²) in [6, 6.07) is 16.3. The summed E-state index contributed by atoms with van der Waals surface area (Å²) < 4.78 is 5.59. The van der Waals surface area contributed by atoms with Gasteiger partial charge in [-0.25, -0.2) is 4.98 Å². The molecule has 0 saturated carbocycles. The Morgan fingerprint density at radius 3 is 2.58 bits per heavy atom. The Bertz CT molecular complexity index is 1240. The van der Waals surface area contributed by atoms with Crippen molar-refractivity contribution in [1.29, 1.82) is 0 Å². The number of aliphatic carboxylic acids is 1. The molecule has 0 bridgehead atoms. The van der Waals surface area contributed by atoms with Crippen molar-refractivity contribution < 1.29 is 14.6 Å². The summed E-state index contributed by atoms with van der Waals surface area (Å²) in [5.74, 6) is 0.411. The second-order valence-electron chi connectivity index (χ2n) is 7.75. The normalized spacial score (nSPS) is 11.1. The van der Waals surface area contributed by atoms with Crippen molar-refractivity contribution in [3.8, 4) is 5.75 Å². The second-order valence-corrected chi connectivity index (χ2v) is 7.75. The third-order valence-corrected chi connectivity index (χ3v) is 5.30. The number of nitrogens with two attached hydrogens (primary N) is 1. The number of nitrogens with zero attached hydrogens (tertiary/aromatic N) is 2. The third-order valence-electron chi connectivity index (χ3n) is 5.30. The van der Waals surface area contributed by atoms with Gasteiger partial charge in [0.2, 0.25) is 0 Å². The van der Waals surface area contributed by atoms with Crippen LogP contribution in [0.3, 0.4) is 0 Å². The third kappa shape index (κ3) is 4.91. The fraction of sp³-hybridized carbons (Fsp3) is 0.240. The standard InChI is InChI=1S/C25H25N3O3/c1-16-4-11-20-21-14-18(15-27-24(21)25(26)28-22(20)13-16)6-5-17-7-9-19(10-8-17)31-12-2-3-23(29)30/h4,7-11,13-15H,2-3,5-6,12H2,1H3,(H2,26,28)(H,29,30). The Hall–Kier alpha value is -3.67. The van der Waals surface area contributed by atoms with Crippen LogP contribution in [-0.2, 0) is 17.6 Å². The van der Waals surface area contributed by atoms with Gasteiger partial charge in [0.15, 0.2) is 5.82 Å². The van der Waals surface area contributed by atoms with Crippen LogP contribution >= 0.6 is 0 Å². The average Bonchev–Trinajstić information content (AvgIpc) is 2.75. The number of nitrogen functional groups attached to an aromatic ring is 1. The lowest BCUT2D eigenvalue weighted by Gasteiger charge is -2.09. The van der Waals surface area contributed by atoms with Gasteiger partial charge in [0.05, 0.1) is 12.1 Å². The minimum atomic E-state index is -0.802. The van der Waals surface area contributed by atoms with E-state index >= 15 is 0 Å². The number of ether oxygens (including phenoxy) is 1. The molecule has 2 aromatic heterocycles. The van der Waals surface area contributed by atoms with E-state index in [1.54, 1.807) is 0 Å². The second kappa shape index (κ2) is 9.00. The molecule has 4 rings (SSSR count). The predicted molar refractivity (Wildman–Crippen MR) is 122 cm³/mol. The van der Waals surface area contributed by atoms with Gasteiger partial charge in [-0.3, -0.25) is 9.78 Å². The number of hydrogen-bond acceptors (Lipinski definition) is 5. The molecule has 3 N–H and O–H groups in total. The summed E-state index contributed by atoms with van der Waals surface area (Å²) in [6.07, 6.45) is 4.23. The molecule has 0 saturated heterocycles. The molecule has 6 nitrogen and oxygen atoms in total. The minimum absolute atomic E-state index is 0.120. The van der Waals surface area contributed by atoms with Crippen LogP contribution in [0.4, 0.5) is 5.82 Å². The molecule has 0 amide bonds. The van der Waals surface area contributed by atoms with Crippen molar-refractivity contribution in [1.82, 2.24) is 9.97 Å². The van der Waals surface area contributed by atoms with Crippen LogP contribution in [0.1, 0.15) is 29.5 Å². The van der Waals surface area contributed by atoms with Gasteiger partial charge in [-0.05, 0) is 67.1 Å². The first kappa shape index (κ1) is 20.6. The zero-order valence-electron chi connectivity index (χ0n) is 17.5. The number of anilines is 1. The number of carboxylic acids is 1. The summed E-state index contributed by atoms with van der Waals surface area (Å²) in [7, 11) is 0. The Morgan fingerprint density at radius 1 is 1.03 bits per heavy atom. The highest BCUT2D eigenvalue weighted by atomic mass is 16.5. The van der Waals surface area contributed by atoms with Crippen LogP contribution in [0.2, 0.25) is 0 Å². The molecule has 6 heteroatoms. The fourth-order valence-electron chi connectivity index (χ4n) is 3.65. The van der Waals surface area contributed by atoms with Gasteiger partial charge in [-0.1, -0.05) is 24.3 Å². The van der Waals surface area contributed by atoms with Crippen molar-refractivity contribution >= 4 is 33.6 Å². The molecule has 0 atom stereocenters. The van der Waals surface area contributed by atoms with Crippen molar-refractivity contribution in [2.45, 2.75) is 32.6 Å². The summed E-state index contributed by atoms with van der Waals surface area (Å²) in [6.45, 7) is 2.45. The van der Waals surface area contributed by atoms with Crippen LogP contribution in [0.25, 0.3) is 21.8 Å². The molecule has 0 aliphatic heterocycles. The molecule has 0 unspecified atom stereocenters. The van der Waals surface area contributed by atoms with Crippen LogP contribution in [-0.4, -0.2) is 27.7 Å². The molecule has 0 aliphatic carbocycles. The fourth-order valence-corrected chi connectivity index (χ4v) is 3.65. The van der Waals surface area contributed by atoms with Crippen LogP contribution in [0.15, 0.2) is 54.7 Å². The molecule has 0 fully saturated rings. The molecule has 158 valence electrons. The summed E-state index contributed by atoms with van der Waals surface area (Å²) in [5, 5.41) is 10.8. The number of aromatic nitrogens is 2. The number of pyridine rings is 2. The molecular weight excluding hydrogens is 390 g/mol. The maximum atomic E-state index is 10.5. The zero-order valence-corrected chi connectivity index (χ0v) is 17.5. The molecule has 2 heterocycles. The topological polar surface area (TPSA) is 98.3 Å². The van der Waals surface area contributed by atoms with E-state index in [2.05, 4.69) is 28.2 Å². The number of carboxylic acid groups (broad SMARTS) is 1. The summed E-state index contributed by atoms with van der Waals surface area (Å²) in [5.41, 5.74) is 11.3. The molecular formula is C25H25N3O3. The molecule has 0 aliphatic rings. The van der Waals surface area contributed by atoms with Crippen molar-refractivity contribution in [2.24, 2.45) is 0 Å². The highest BCUT2D eigenvalue weighted by molar-refractivity contribution is 6.08. The maximum absolute atomic E-state index is 10.5. The van der Waals surface area contributed by atoms with E-state index < -0.39 is 5.97 Å². The van der Waals surface area contributed by atoms with E-state index in [1.165, 1.54) is 5.56 Å². The van der Waals surface area contributed by atoms with E-state index in [0.717, 1.165) is 51.5 Å². The first-order valence-corrected chi connectivity index (χ1v) is 10.4. The highest BCUT2D eigenvalue weighted by Gasteiger charge is 2.09. The molecule has 0 spiro atoms. The Morgan fingerprint density at radius 2 is 1.81 bits per heavy atom. The lowest BCUT2D eigenvalue weighted by atomic mass is 10.0. The first-order valence-electron chi connectivity index (χ1n) is 10.4. The predicted octanol–water partition coefficient (Wildman–Crippen LogP) is 4.70. The van der Waals surface area contributed by atoms with E-state index in [9.17, 15) is 4.79 Å². The van der Waals surface area contributed by atoms with Crippen molar-refractivity contribution in [3.05, 3.63) is 71.4 Å². The Balaban J connectivity index is 1.45. The number of aryl methyl sites for hydroxylation is 3. The van der Waals surface area contributed by atoms with Gasteiger partial charge in [0, 0.05) is 23.4 Å². The first-order chi connectivity index (χ1) is 15.0. The SMILES string of the molecule is Cc1ccc2c(c1)nc(N)c1ncc(CCc3ccc(OCCCC(=O)O)cc3)cc12. The molecule has 31 heavy (non-hydrogen) atoms. The molecule has 4 aromatic rings. The van der Waals surface area contributed by atoms with Gasteiger partial charge in [-0.2, -0.15) is 0 Å². The van der Waals surface area contributed by atoms with E-state index in [0.29, 0.717) is 18.8 Å². The summed E-state index contributed by atoms with van der Waals surface area (Å²) >= 11 is 0. The van der Waals surface area contributed by atoms with Crippen LogP contribution in [0.5, 0.6) is 5.75 Å². The quantitative estimate of drug-likeness (QED) is 0.320. The number of benzene rings is 2. The van der Waals surface area contributed by atoms with Crippen LogP contribution < -0.4 is 10.5 Å². The smallest absolute Gasteiger partial charge is 0.303 e. The van der Waals surface area contributed by atoms with Crippen molar-refractivity contribution in [2.75, 3.05) is 12.3 Å². The molecule has 2 aromatic carbocycles. The average molecular weight is 415 g/mol. The van der Waals surface area contributed by atoms with E-state index in [1.807, 2.05) is 43.5 Å². The van der Waals surface area contributed by atoms with Gasteiger partial charge < -0.3 is 15.6 Å². The molecule has 0 radical (unpaired) electrons. The number of carbonyl (C=O) groups is 1. The summed E-state index contributed by atoms with van der Waals surface area (Å²) in [4.78, 5) is 19.6. The van der Waals surface area contributed by atoms with E-state index in [4.69, 9.17) is 15.6 Å². The largest absolute Gasteiger partial charge is 0.494 e. The maximum Gasteiger partial charge on any atom is 0.303 e. The Kier molecular flexibility index (Phi) is 5.98. The lowest BCUT2D eigenvalue weighted by molar-refractivity contribution is -0.137. The number of fused-ring (bicyclic) bond motifs is 3. The van der Waals surface area contributed by atoms with Gasteiger partial charge in [-0.15, -0.1) is 0 Å². The number of hydrogen-bond donors (Lipinski definition) is 2.